The lowest BCUT2D eigenvalue weighted by Crippen LogP contribution is -2.14. The minimum Gasteiger partial charge on any atom is -0.330 e. The van der Waals surface area contributed by atoms with E-state index in [0.29, 0.717) is 19.5 Å². The molecule has 1 aromatic heterocycles. The molecule has 3 N–H and O–H groups in total. The van der Waals surface area contributed by atoms with Crippen LogP contribution in [0.15, 0.2) is 35.5 Å². The van der Waals surface area contributed by atoms with E-state index in [4.69, 9.17) is 5.73 Å². The van der Waals surface area contributed by atoms with Gasteiger partial charge >= 0.3 is 0 Å². The van der Waals surface area contributed by atoms with E-state index in [0.717, 1.165) is 18.3 Å². The fraction of sp³-hybridized carbons (Fsp3) is 0.250. The molecule has 9 heteroatoms. The molecule has 1 heterocycles. The number of aromatic nitrogens is 2. The maximum absolute atomic E-state index is 13.5. The maximum Gasteiger partial charge on any atom is 0.265 e. The minimum absolute atomic E-state index is 0.136. The molecule has 0 atom stereocenters. The van der Waals surface area contributed by atoms with Crippen molar-refractivity contribution in [2.45, 2.75) is 17.9 Å². The molecule has 0 radical (unpaired) electrons. The third kappa shape index (κ3) is 3.56. The second-order valence-electron chi connectivity index (χ2n) is 4.29. The van der Waals surface area contributed by atoms with Gasteiger partial charge in [-0.3, -0.25) is 9.40 Å². The summed E-state index contributed by atoms with van der Waals surface area (Å²) in [5.41, 5.74) is 4.90. The zero-order chi connectivity index (χ0) is 15.5. The predicted octanol–water partition coefficient (Wildman–Crippen LogP) is 1.31. The van der Waals surface area contributed by atoms with Crippen LogP contribution in [-0.2, 0) is 16.6 Å². The summed E-state index contributed by atoms with van der Waals surface area (Å²) >= 11 is 0. The lowest BCUT2D eigenvalue weighted by molar-refractivity contribution is 0.511. The highest BCUT2D eigenvalue weighted by atomic mass is 32.2. The Bertz CT molecular complexity index is 731. The van der Waals surface area contributed by atoms with Crippen molar-refractivity contribution in [2.75, 3.05) is 11.3 Å². The number of anilines is 1. The first-order valence-electron chi connectivity index (χ1n) is 6.13. The van der Waals surface area contributed by atoms with Gasteiger partial charge in [-0.15, -0.1) is 0 Å². The quantitative estimate of drug-likeness (QED) is 0.841. The van der Waals surface area contributed by atoms with Gasteiger partial charge in [0.2, 0.25) is 0 Å². The van der Waals surface area contributed by atoms with Crippen LogP contribution in [0.25, 0.3) is 0 Å². The minimum atomic E-state index is -4.03. The van der Waals surface area contributed by atoms with E-state index < -0.39 is 27.3 Å². The lowest BCUT2D eigenvalue weighted by atomic mass is 10.3. The monoisotopic (exact) mass is 316 g/mol. The van der Waals surface area contributed by atoms with Crippen molar-refractivity contribution in [1.82, 2.24) is 9.78 Å². The van der Waals surface area contributed by atoms with Crippen LogP contribution in [0.1, 0.15) is 6.42 Å². The van der Waals surface area contributed by atoms with E-state index in [-0.39, 0.29) is 4.90 Å². The standard InChI is InChI=1S/C12H14F2N4O2S/c13-10-3-1-4-11(12(10)14)17-21(19,20)9-7-16-18(8-9)6-2-5-15/h1,3-4,7-8,17H,2,5-6,15H2. The highest BCUT2D eigenvalue weighted by molar-refractivity contribution is 7.92. The molecule has 0 saturated carbocycles. The SMILES string of the molecule is NCCCn1cc(S(=O)(=O)Nc2cccc(F)c2F)cn1. The van der Waals surface area contributed by atoms with Crippen molar-refractivity contribution in [3.05, 3.63) is 42.2 Å². The molecule has 6 nitrogen and oxygen atoms in total. The Labute approximate surface area is 120 Å². The van der Waals surface area contributed by atoms with Crippen molar-refractivity contribution in [2.24, 2.45) is 5.73 Å². The average Bonchev–Trinajstić information content (AvgIpc) is 2.91. The van der Waals surface area contributed by atoms with Crippen LogP contribution >= 0.6 is 0 Å². The van der Waals surface area contributed by atoms with Crippen molar-refractivity contribution in [3.8, 4) is 0 Å². The number of hydrogen-bond donors (Lipinski definition) is 2. The number of nitrogens with zero attached hydrogens (tertiary/aromatic N) is 2. The van der Waals surface area contributed by atoms with Gasteiger partial charge in [-0.1, -0.05) is 6.07 Å². The molecule has 1 aromatic carbocycles. The summed E-state index contributed by atoms with van der Waals surface area (Å²) in [6.07, 6.45) is 3.08. The molecule has 21 heavy (non-hydrogen) atoms. The van der Waals surface area contributed by atoms with Gasteiger partial charge in [0.15, 0.2) is 11.6 Å². The number of halogens is 2. The average molecular weight is 316 g/mol. The van der Waals surface area contributed by atoms with E-state index in [9.17, 15) is 17.2 Å². The Morgan fingerprint density at radius 1 is 1.33 bits per heavy atom. The highest BCUT2D eigenvalue weighted by Crippen LogP contribution is 2.20. The molecule has 0 bridgehead atoms. The molecule has 0 saturated heterocycles. The molecule has 0 aliphatic rings. The van der Waals surface area contributed by atoms with E-state index in [1.54, 1.807) is 0 Å². The van der Waals surface area contributed by atoms with Crippen LogP contribution in [0.3, 0.4) is 0 Å². The largest absolute Gasteiger partial charge is 0.330 e. The smallest absolute Gasteiger partial charge is 0.265 e. The first kappa shape index (κ1) is 15.4. The van der Waals surface area contributed by atoms with Crippen LogP contribution in [0.4, 0.5) is 14.5 Å². The van der Waals surface area contributed by atoms with Crippen molar-refractivity contribution >= 4 is 15.7 Å². The Kier molecular flexibility index (Phi) is 4.53. The summed E-state index contributed by atoms with van der Waals surface area (Å²) in [4.78, 5) is -0.136. The second-order valence-corrected chi connectivity index (χ2v) is 5.97. The Morgan fingerprint density at radius 2 is 2.10 bits per heavy atom. The number of sulfonamides is 1. The van der Waals surface area contributed by atoms with E-state index in [1.807, 2.05) is 4.72 Å². The molecule has 2 aromatic rings. The van der Waals surface area contributed by atoms with Crippen LogP contribution < -0.4 is 10.5 Å². The summed E-state index contributed by atoms with van der Waals surface area (Å²) in [7, 11) is -4.03. The zero-order valence-electron chi connectivity index (χ0n) is 11.0. The van der Waals surface area contributed by atoms with Crippen LogP contribution in [-0.4, -0.2) is 24.7 Å². The molecule has 2 rings (SSSR count). The van der Waals surface area contributed by atoms with Gasteiger partial charge in [0.05, 0.1) is 11.9 Å². The van der Waals surface area contributed by atoms with Crippen molar-refractivity contribution in [1.29, 1.82) is 0 Å². The molecule has 0 aliphatic heterocycles. The highest BCUT2D eigenvalue weighted by Gasteiger charge is 2.19. The fourth-order valence-corrected chi connectivity index (χ4v) is 2.66. The topological polar surface area (TPSA) is 90.0 Å². The van der Waals surface area contributed by atoms with E-state index in [2.05, 4.69) is 5.10 Å². The molecular formula is C12H14F2N4O2S. The summed E-state index contributed by atoms with van der Waals surface area (Å²) in [5.74, 6) is -2.38. The number of nitrogens with two attached hydrogens (primary N) is 1. The summed E-state index contributed by atoms with van der Waals surface area (Å²) in [6, 6.07) is 3.24. The molecule has 0 unspecified atom stereocenters. The Balaban J connectivity index is 2.22. The van der Waals surface area contributed by atoms with Gasteiger partial charge in [0.1, 0.15) is 4.90 Å². The van der Waals surface area contributed by atoms with Gasteiger partial charge in [0.25, 0.3) is 10.0 Å². The van der Waals surface area contributed by atoms with Crippen LogP contribution in [0.2, 0.25) is 0 Å². The van der Waals surface area contributed by atoms with Gasteiger partial charge < -0.3 is 5.73 Å². The molecule has 0 spiro atoms. The van der Waals surface area contributed by atoms with Crippen molar-refractivity contribution in [3.63, 3.8) is 0 Å². The summed E-state index contributed by atoms with van der Waals surface area (Å²) in [5, 5.41) is 3.88. The fourth-order valence-electron chi connectivity index (χ4n) is 1.65. The van der Waals surface area contributed by atoms with E-state index in [1.165, 1.54) is 16.9 Å². The molecule has 0 fully saturated rings. The number of hydrogen-bond acceptors (Lipinski definition) is 4. The number of benzene rings is 1. The van der Waals surface area contributed by atoms with E-state index >= 15 is 0 Å². The normalized spacial score (nSPS) is 11.6. The van der Waals surface area contributed by atoms with Crippen LogP contribution in [0.5, 0.6) is 0 Å². The molecule has 114 valence electrons. The number of nitrogens with one attached hydrogen (secondary N) is 1. The second kappa shape index (κ2) is 6.19. The van der Waals surface area contributed by atoms with Gasteiger partial charge in [-0.2, -0.15) is 5.10 Å². The molecule has 0 amide bonds. The lowest BCUT2D eigenvalue weighted by Gasteiger charge is -2.07. The molecular weight excluding hydrogens is 302 g/mol. The third-order valence-electron chi connectivity index (χ3n) is 2.71. The maximum atomic E-state index is 13.5. The van der Waals surface area contributed by atoms with Gasteiger partial charge in [-0.05, 0) is 25.1 Å². The Morgan fingerprint density at radius 3 is 2.81 bits per heavy atom. The zero-order valence-corrected chi connectivity index (χ0v) is 11.8. The third-order valence-corrected chi connectivity index (χ3v) is 4.03. The predicted molar refractivity (Wildman–Crippen MR) is 73.1 cm³/mol. The Hall–Kier alpha value is -2.00. The molecule has 0 aliphatic carbocycles. The van der Waals surface area contributed by atoms with Gasteiger partial charge in [-0.25, -0.2) is 17.2 Å². The summed E-state index contributed by atoms with van der Waals surface area (Å²) < 4.78 is 54.1. The number of rotatable bonds is 6. The van der Waals surface area contributed by atoms with Crippen molar-refractivity contribution < 1.29 is 17.2 Å². The summed E-state index contributed by atoms with van der Waals surface area (Å²) in [6.45, 7) is 0.926. The first-order chi connectivity index (χ1) is 9.94. The van der Waals surface area contributed by atoms with Gasteiger partial charge in [0, 0.05) is 12.7 Å². The number of aryl methyl sites for hydroxylation is 1. The first-order valence-corrected chi connectivity index (χ1v) is 7.61. The van der Waals surface area contributed by atoms with Crippen LogP contribution in [0, 0.1) is 11.6 Å².